The molecule has 2 aromatic heterocycles. The zero-order valence-electron chi connectivity index (χ0n) is 17.6. The van der Waals surface area contributed by atoms with Gasteiger partial charge in [0.05, 0.1) is 18.6 Å². The number of nitrogens with one attached hydrogen (secondary N) is 2. The van der Waals surface area contributed by atoms with Crippen molar-refractivity contribution in [2.24, 2.45) is 18.1 Å². The molecule has 2 atom stereocenters. The van der Waals surface area contributed by atoms with Crippen LogP contribution in [0.5, 0.6) is 0 Å². The fraction of sp³-hybridized carbons (Fsp3) is 0.381. The van der Waals surface area contributed by atoms with Gasteiger partial charge in [-0.05, 0) is 25.8 Å². The van der Waals surface area contributed by atoms with Gasteiger partial charge in [0.1, 0.15) is 22.8 Å². The molecular formula is C21H22F2N8O. The van der Waals surface area contributed by atoms with Crippen molar-refractivity contribution in [2.75, 3.05) is 18.4 Å². The Labute approximate surface area is 181 Å². The van der Waals surface area contributed by atoms with E-state index < -0.39 is 11.6 Å². The number of nitrogens with zero attached hydrogens (tertiary/aromatic N) is 6. The van der Waals surface area contributed by atoms with Crippen LogP contribution in [0.2, 0.25) is 0 Å². The molecule has 2 aliphatic rings. The Hall–Kier alpha value is -3.63. The first-order valence-corrected chi connectivity index (χ1v) is 10.4. The molecule has 166 valence electrons. The number of likely N-dealkylation sites (tertiary alicyclic amines) is 1. The second-order valence-corrected chi connectivity index (χ2v) is 8.33. The van der Waals surface area contributed by atoms with Crippen LogP contribution in [0.25, 0.3) is 10.9 Å². The van der Waals surface area contributed by atoms with Crippen molar-refractivity contribution in [3.05, 3.63) is 47.6 Å². The van der Waals surface area contributed by atoms with Crippen LogP contribution in [-0.4, -0.2) is 54.9 Å². The Morgan fingerprint density at radius 1 is 1.28 bits per heavy atom. The van der Waals surface area contributed by atoms with E-state index >= 15 is 0 Å². The van der Waals surface area contributed by atoms with Gasteiger partial charge >= 0.3 is 0 Å². The van der Waals surface area contributed by atoms with Gasteiger partial charge in [0.2, 0.25) is 5.62 Å². The minimum Gasteiger partial charge on any atom is -0.364 e. The number of imidazole rings is 1. The SMILES string of the molecule is C[C@H]1CC[C@@H](C2=Nn3c(c4cc(F)cc(F)c4nc3=N)NC2)CN1C(=O)c1cn(C)cn1. The van der Waals surface area contributed by atoms with Crippen molar-refractivity contribution >= 4 is 28.3 Å². The molecule has 4 heterocycles. The second kappa shape index (κ2) is 7.50. The number of carbonyl (C=O) groups is 1. The number of halogens is 2. The molecule has 0 radical (unpaired) electrons. The van der Waals surface area contributed by atoms with E-state index in [0.29, 0.717) is 24.6 Å². The lowest BCUT2D eigenvalue weighted by molar-refractivity contribution is 0.0597. The van der Waals surface area contributed by atoms with Crippen molar-refractivity contribution in [3.8, 4) is 0 Å². The van der Waals surface area contributed by atoms with Gasteiger partial charge in [0.15, 0.2) is 5.82 Å². The Bertz CT molecular complexity index is 1330. The van der Waals surface area contributed by atoms with Gasteiger partial charge in [-0.3, -0.25) is 10.2 Å². The molecule has 2 aliphatic heterocycles. The van der Waals surface area contributed by atoms with Crippen molar-refractivity contribution in [1.29, 1.82) is 5.41 Å². The van der Waals surface area contributed by atoms with Crippen LogP contribution in [0.1, 0.15) is 30.3 Å². The standard InChI is InChI=1S/C21H22F2N8O/c1-11-3-4-12(8-30(11)20(32)17-9-29(2)10-26-17)16-7-25-19-14-5-13(22)6-15(23)18(14)27-21(24)31(19)28-16/h5-6,9-12,24-25H,3-4,7-8H2,1-2H3/t11-,12+/m0/s1. The molecule has 0 spiro atoms. The monoisotopic (exact) mass is 440 g/mol. The molecule has 9 nitrogen and oxygen atoms in total. The average Bonchev–Trinajstić information content (AvgIpc) is 3.21. The van der Waals surface area contributed by atoms with Crippen LogP contribution in [-0.2, 0) is 7.05 Å². The number of anilines is 1. The highest BCUT2D eigenvalue weighted by Gasteiger charge is 2.34. The second-order valence-electron chi connectivity index (χ2n) is 8.33. The van der Waals surface area contributed by atoms with Crippen molar-refractivity contribution in [2.45, 2.75) is 25.8 Å². The predicted octanol–water partition coefficient (Wildman–Crippen LogP) is 2.10. The third kappa shape index (κ3) is 3.33. The van der Waals surface area contributed by atoms with E-state index in [1.807, 2.05) is 18.9 Å². The molecule has 0 bridgehead atoms. The Balaban J connectivity index is 1.48. The maximum atomic E-state index is 14.2. The number of hydrogen-bond donors (Lipinski definition) is 2. The summed E-state index contributed by atoms with van der Waals surface area (Å²) in [5.74, 6) is -1.36. The highest BCUT2D eigenvalue weighted by atomic mass is 19.1. The summed E-state index contributed by atoms with van der Waals surface area (Å²) < 4.78 is 31.0. The minimum absolute atomic E-state index is 0.0219. The number of piperidine rings is 1. The first-order chi connectivity index (χ1) is 15.3. The number of aryl methyl sites for hydroxylation is 1. The van der Waals surface area contributed by atoms with E-state index in [4.69, 9.17) is 5.41 Å². The van der Waals surface area contributed by atoms with E-state index in [-0.39, 0.29) is 34.4 Å². The van der Waals surface area contributed by atoms with E-state index in [1.54, 1.807) is 17.1 Å². The van der Waals surface area contributed by atoms with Crippen LogP contribution >= 0.6 is 0 Å². The number of aromatic nitrogens is 4. The van der Waals surface area contributed by atoms with Gasteiger partial charge in [-0.1, -0.05) is 0 Å². The maximum absolute atomic E-state index is 14.2. The maximum Gasteiger partial charge on any atom is 0.274 e. The summed E-state index contributed by atoms with van der Waals surface area (Å²) in [6.45, 7) is 2.84. The number of rotatable bonds is 2. The fourth-order valence-corrected chi connectivity index (χ4v) is 4.40. The van der Waals surface area contributed by atoms with E-state index in [0.717, 1.165) is 24.6 Å². The summed E-state index contributed by atoms with van der Waals surface area (Å²) in [7, 11) is 1.82. The molecule has 1 amide bonds. The fourth-order valence-electron chi connectivity index (χ4n) is 4.40. The lowest BCUT2D eigenvalue weighted by Crippen LogP contribution is -2.49. The van der Waals surface area contributed by atoms with Crippen LogP contribution < -0.4 is 10.9 Å². The lowest BCUT2D eigenvalue weighted by atomic mass is 9.89. The normalized spacial score (nSPS) is 20.6. The Kier molecular flexibility index (Phi) is 4.75. The summed E-state index contributed by atoms with van der Waals surface area (Å²) in [5.41, 5.74) is 0.831. The van der Waals surface area contributed by atoms with E-state index in [2.05, 4.69) is 20.4 Å². The minimum atomic E-state index is -0.821. The lowest BCUT2D eigenvalue weighted by Gasteiger charge is -2.38. The Morgan fingerprint density at radius 2 is 2.09 bits per heavy atom. The van der Waals surface area contributed by atoms with Gasteiger partial charge in [-0.25, -0.2) is 18.7 Å². The largest absolute Gasteiger partial charge is 0.364 e. The third-order valence-electron chi connectivity index (χ3n) is 6.12. The summed E-state index contributed by atoms with van der Waals surface area (Å²) in [5, 5.41) is 16.2. The summed E-state index contributed by atoms with van der Waals surface area (Å²) in [6.07, 6.45) is 4.94. The smallest absolute Gasteiger partial charge is 0.274 e. The molecule has 1 aromatic carbocycles. The average molecular weight is 440 g/mol. The molecule has 0 unspecified atom stereocenters. The van der Waals surface area contributed by atoms with Crippen molar-refractivity contribution in [1.82, 2.24) is 24.1 Å². The van der Waals surface area contributed by atoms with Crippen LogP contribution in [0.4, 0.5) is 14.6 Å². The first kappa shape index (κ1) is 20.3. The first-order valence-electron chi connectivity index (χ1n) is 10.4. The number of hydrogen-bond acceptors (Lipinski definition) is 6. The summed E-state index contributed by atoms with van der Waals surface area (Å²) in [4.78, 5) is 23.0. The highest BCUT2D eigenvalue weighted by molar-refractivity contribution is 5.97. The van der Waals surface area contributed by atoms with Crippen molar-refractivity contribution in [3.63, 3.8) is 0 Å². The number of amides is 1. The molecule has 0 saturated carbocycles. The van der Waals surface area contributed by atoms with Gasteiger partial charge in [0.25, 0.3) is 5.91 Å². The quantitative estimate of drug-likeness (QED) is 0.637. The predicted molar refractivity (Wildman–Crippen MR) is 113 cm³/mol. The molecule has 3 aromatic rings. The summed E-state index contributed by atoms with van der Waals surface area (Å²) in [6, 6.07) is 2.00. The molecule has 2 N–H and O–H groups in total. The molecule has 1 fully saturated rings. The molecule has 5 rings (SSSR count). The molecule has 0 aliphatic carbocycles. The van der Waals surface area contributed by atoms with Crippen LogP contribution in [0.15, 0.2) is 29.8 Å². The molecule has 32 heavy (non-hydrogen) atoms. The van der Waals surface area contributed by atoms with Gasteiger partial charge in [-0.2, -0.15) is 9.78 Å². The molecule has 11 heteroatoms. The number of benzene rings is 1. The molecular weight excluding hydrogens is 418 g/mol. The zero-order valence-corrected chi connectivity index (χ0v) is 17.6. The topological polar surface area (TPSA) is 104 Å². The number of fused-ring (bicyclic) bond motifs is 3. The van der Waals surface area contributed by atoms with Gasteiger partial charge < -0.3 is 14.8 Å². The zero-order chi connectivity index (χ0) is 22.6. The molecule has 1 saturated heterocycles. The van der Waals surface area contributed by atoms with Crippen molar-refractivity contribution < 1.29 is 13.6 Å². The van der Waals surface area contributed by atoms with E-state index in [9.17, 15) is 13.6 Å². The summed E-state index contributed by atoms with van der Waals surface area (Å²) >= 11 is 0. The highest BCUT2D eigenvalue weighted by Crippen LogP contribution is 2.29. The number of carbonyl (C=O) groups excluding carboxylic acids is 1. The Morgan fingerprint density at radius 3 is 2.84 bits per heavy atom. The van der Waals surface area contributed by atoms with Crippen LogP contribution in [0, 0.1) is 23.0 Å². The van der Waals surface area contributed by atoms with Gasteiger partial charge in [0, 0.05) is 43.2 Å². The van der Waals surface area contributed by atoms with E-state index in [1.165, 1.54) is 10.7 Å². The van der Waals surface area contributed by atoms with Crippen LogP contribution in [0.3, 0.4) is 0 Å². The third-order valence-corrected chi connectivity index (χ3v) is 6.12. The van der Waals surface area contributed by atoms with Gasteiger partial charge in [-0.15, -0.1) is 0 Å².